The third-order valence-corrected chi connectivity index (χ3v) is 5.99. The molecule has 4 aromatic rings. The molecule has 1 N–H and O–H groups in total. The molecule has 0 unspecified atom stereocenters. The van der Waals surface area contributed by atoms with Crippen LogP contribution in [0.2, 0.25) is 0 Å². The van der Waals surface area contributed by atoms with E-state index < -0.39 is 11.6 Å². The van der Waals surface area contributed by atoms with Crippen LogP contribution in [0, 0.1) is 5.82 Å². The van der Waals surface area contributed by atoms with E-state index >= 15 is 0 Å². The topological polar surface area (TPSA) is 95.3 Å². The summed E-state index contributed by atoms with van der Waals surface area (Å²) in [6.07, 6.45) is 2.89. The van der Waals surface area contributed by atoms with Crippen LogP contribution in [0.4, 0.5) is 4.39 Å². The quantitative estimate of drug-likeness (QED) is 0.299. The maximum atomic E-state index is 13.3. The summed E-state index contributed by atoms with van der Waals surface area (Å²) in [6.45, 7) is 3.72. The molecule has 0 bridgehead atoms. The Hall–Kier alpha value is -4.37. The average Bonchev–Trinajstić information content (AvgIpc) is 3.47. The molecule has 1 aromatic heterocycles. The van der Waals surface area contributed by atoms with Gasteiger partial charge in [-0.15, -0.1) is 0 Å². The van der Waals surface area contributed by atoms with E-state index in [4.69, 9.17) is 9.47 Å². The lowest BCUT2D eigenvalue weighted by atomic mass is 10.0. The molecule has 8 nitrogen and oxygen atoms in total. The summed E-state index contributed by atoms with van der Waals surface area (Å²) in [5.74, 6) is 0.132. The normalized spacial score (nSPS) is 12.1. The van der Waals surface area contributed by atoms with Gasteiger partial charge >= 0.3 is 0 Å². The van der Waals surface area contributed by atoms with Crippen LogP contribution in [0.25, 0.3) is 0 Å². The molecule has 196 valence electrons. The second-order valence-corrected chi connectivity index (χ2v) is 9.27. The predicted molar refractivity (Wildman–Crippen MR) is 139 cm³/mol. The Bertz CT molecular complexity index is 1330. The minimum Gasteiger partial charge on any atom is -0.457 e. The standard InChI is InChI=1S/C29H29FN4O4/c1-29(2,34-20-31-19-32-34)28(36)33-26(18-37-17-22-6-4-3-5-7-22)27(35)16-21-8-12-24(13-9-21)38-25-14-10-23(30)11-15-25/h3-15,19-20,26H,16-18H2,1-2H3,(H,33,36)/t26-/m0/s1. The van der Waals surface area contributed by atoms with Gasteiger partial charge in [0.15, 0.2) is 5.78 Å². The van der Waals surface area contributed by atoms with Crippen molar-refractivity contribution in [3.05, 3.63) is 108 Å². The third kappa shape index (κ3) is 7.10. The van der Waals surface area contributed by atoms with Gasteiger partial charge in [-0.1, -0.05) is 42.5 Å². The van der Waals surface area contributed by atoms with Gasteiger partial charge < -0.3 is 14.8 Å². The van der Waals surface area contributed by atoms with Gasteiger partial charge in [0.1, 0.15) is 41.6 Å². The van der Waals surface area contributed by atoms with Crippen molar-refractivity contribution >= 4 is 11.7 Å². The van der Waals surface area contributed by atoms with Gasteiger partial charge in [-0.2, -0.15) is 5.10 Å². The predicted octanol–water partition coefficient (Wildman–Crippen LogP) is 4.46. The Morgan fingerprint density at radius 1 is 0.947 bits per heavy atom. The van der Waals surface area contributed by atoms with Gasteiger partial charge in [0.25, 0.3) is 0 Å². The van der Waals surface area contributed by atoms with Crippen molar-refractivity contribution in [2.45, 2.75) is 38.5 Å². The fourth-order valence-corrected chi connectivity index (χ4v) is 3.66. The number of ether oxygens (including phenoxy) is 2. The molecule has 1 heterocycles. The summed E-state index contributed by atoms with van der Waals surface area (Å²) in [5, 5.41) is 6.91. The lowest BCUT2D eigenvalue weighted by Gasteiger charge is -2.27. The molecule has 0 saturated heterocycles. The molecule has 3 aromatic carbocycles. The molecule has 0 aliphatic heterocycles. The third-order valence-electron chi connectivity index (χ3n) is 5.99. The number of hydrogen-bond acceptors (Lipinski definition) is 6. The molecule has 1 atom stereocenters. The molecule has 0 radical (unpaired) electrons. The highest BCUT2D eigenvalue weighted by Gasteiger charge is 2.33. The van der Waals surface area contributed by atoms with Crippen molar-refractivity contribution in [1.82, 2.24) is 20.1 Å². The number of amides is 1. The molecule has 1 amide bonds. The van der Waals surface area contributed by atoms with E-state index in [0.29, 0.717) is 18.1 Å². The van der Waals surface area contributed by atoms with Crippen molar-refractivity contribution in [1.29, 1.82) is 0 Å². The van der Waals surface area contributed by atoms with Crippen LogP contribution in [0.3, 0.4) is 0 Å². The second-order valence-electron chi connectivity index (χ2n) is 9.27. The summed E-state index contributed by atoms with van der Waals surface area (Å²) in [7, 11) is 0. The summed E-state index contributed by atoms with van der Waals surface area (Å²) in [4.78, 5) is 30.4. The Morgan fingerprint density at radius 3 is 2.24 bits per heavy atom. The number of carbonyl (C=O) groups is 2. The zero-order valence-corrected chi connectivity index (χ0v) is 21.2. The van der Waals surface area contributed by atoms with Crippen molar-refractivity contribution in [2.75, 3.05) is 6.61 Å². The van der Waals surface area contributed by atoms with Crippen molar-refractivity contribution < 1.29 is 23.5 Å². The maximum absolute atomic E-state index is 13.3. The zero-order valence-electron chi connectivity index (χ0n) is 21.2. The Morgan fingerprint density at radius 2 is 1.61 bits per heavy atom. The second kappa shape index (κ2) is 12.2. The maximum Gasteiger partial charge on any atom is 0.248 e. The molecule has 0 spiro atoms. The Balaban J connectivity index is 1.42. The number of ketones is 1. The van der Waals surface area contributed by atoms with Crippen LogP contribution < -0.4 is 10.1 Å². The lowest BCUT2D eigenvalue weighted by Crippen LogP contribution is -2.52. The highest BCUT2D eigenvalue weighted by atomic mass is 19.1. The summed E-state index contributed by atoms with van der Waals surface area (Å²) in [6, 6.07) is 21.5. The molecule has 0 fully saturated rings. The number of carbonyl (C=O) groups excluding carboxylic acids is 2. The van der Waals surface area contributed by atoms with E-state index in [1.807, 2.05) is 30.3 Å². The number of nitrogens with one attached hydrogen (secondary N) is 1. The molecule has 0 aliphatic rings. The first-order valence-corrected chi connectivity index (χ1v) is 12.1. The molecule has 4 rings (SSSR count). The van der Waals surface area contributed by atoms with Crippen molar-refractivity contribution in [3.8, 4) is 11.5 Å². The zero-order chi connectivity index (χ0) is 27.0. The van der Waals surface area contributed by atoms with Crippen molar-refractivity contribution in [3.63, 3.8) is 0 Å². The monoisotopic (exact) mass is 516 g/mol. The molecule has 0 saturated carbocycles. The molecule has 38 heavy (non-hydrogen) atoms. The van der Waals surface area contributed by atoms with Crippen molar-refractivity contribution in [2.24, 2.45) is 0 Å². The van der Waals surface area contributed by atoms with Gasteiger partial charge in [0.2, 0.25) is 5.91 Å². The molecule has 9 heteroatoms. The summed E-state index contributed by atoms with van der Waals surface area (Å²) in [5.41, 5.74) is 0.650. The Labute approximate surface area is 220 Å². The Kier molecular flexibility index (Phi) is 8.60. The molecule has 0 aliphatic carbocycles. The first-order chi connectivity index (χ1) is 18.3. The van der Waals surface area contributed by atoms with E-state index in [-0.39, 0.29) is 30.5 Å². The average molecular weight is 517 g/mol. The number of aromatic nitrogens is 3. The smallest absolute Gasteiger partial charge is 0.248 e. The number of rotatable bonds is 12. The molecular formula is C29H29FN4O4. The van der Waals surface area contributed by atoms with E-state index in [1.54, 1.807) is 38.1 Å². The van der Waals surface area contributed by atoms with Gasteiger partial charge in [-0.3, -0.25) is 9.59 Å². The van der Waals surface area contributed by atoms with E-state index in [2.05, 4.69) is 15.4 Å². The SMILES string of the molecule is CC(C)(C(=O)N[C@@H](COCc1ccccc1)C(=O)Cc1ccc(Oc2ccc(F)cc2)cc1)n1cncn1. The fourth-order valence-electron chi connectivity index (χ4n) is 3.66. The number of nitrogens with zero attached hydrogens (tertiary/aromatic N) is 3. The van der Waals surface area contributed by atoms with Crippen LogP contribution in [0.5, 0.6) is 11.5 Å². The van der Waals surface area contributed by atoms with Crippen LogP contribution in [0.1, 0.15) is 25.0 Å². The van der Waals surface area contributed by atoms with Crippen LogP contribution >= 0.6 is 0 Å². The van der Waals surface area contributed by atoms with Crippen LogP contribution in [0.15, 0.2) is 91.5 Å². The number of hydrogen-bond donors (Lipinski definition) is 1. The van der Waals surface area contributed by atoms with Gasteiger partial charge in [0.05, 0.1) is 13.2 Å². The highest BCUT2D eigenvalue weighted by Crippen LogP contribution is 2.22. The number of benzene rings is 3. The minimum atomic E-state index is -1.06. The first kappa shape index (κ1) is 26.7. The lowest BCUT2D eigenvalue weighted by molar-refractivity contribution is -0.134. The first-order valence-electron chi connectivity index (χ1n) is 12.1. The van der Waals surface area contributed by atoms with Gasteiger partial charge in [-0.05, 0) is 61.4 Å². The summed E-state index contributed by atoms with van der Waals surface area (Å²) >= 11 is 0. The van der Waals surface area contributed by atoms with E-state index in [9.17, 15) is 14.0 Å². The van der Waals surface area contributed by atoms with E-state index in [1.165, 1.54) is 41.6 Å². The molecular weight excluding hydrogens is 487 g/mol. The van der Waals surface area contributed by atoms with Crippen LogP contribution in [-0.4, -0.2) is 39.1 Å². The summed E-state index contributed by atoms with van der Waals surface area (Å²) < 4.78 is 26.1. The number of Topliss-reactive ketones (excluding diaryl/α,β-unsaturated/α-hetero) is 1. The van der Waals surface area contributed by atoms with E-state index in [0.717, 1.165) is 11.1 Å². The van der Waals surface area contributed by atoms with Crippen LogP contribution in [-0.2, 0) is 32.9 Å². The minimum absolute atomic E-state index is 0.0126. The number of halogens is 1. The largest absolute Gasteiger partial charge is 0.457 e. The van der Waals surface area contributed by atoms with Gasteiger partial charge in [0, 0.05) is 6.42 Å². The fraction of sp³-hybridized carbons (Fsp3) is 0.241. The van der Waals surface area contributed by atoms with Gasteiger partial charge in [-0.25, -0.2) is 14.1 Å². The highest BCUT2D eigenvalue weighted by molar-refractivity contribution is 5.92.